The molecule has 1 amide bonds. The SMILES string of the molecule is O=C(NC1CC1)c1csc(CNCc2ccc(-c3ccccc3)cc2)n1. The lowest BCUT2D eigenvalue weighted by Gasteiger charge is -2.05. The van der Waals surface area contributed by atoms with E-state index in [1.165, 1.54) is 28.0 Å². The van der Waals surface area contributed by atoms with Crippen LogP contribution in [0.15, 0.2) is 60.0 Å². The first-order chi connectivity index (χ1) is 12.8. The second-order valence-electron chi connectivity index (χ2n) is 6.54. The molecule has 1 saturated carbocycles. The van der Waals surface area contributed by atoms with E-state index in [1.54, 1.807) is 0 Å². The van der Waals surface area contributed by atoms with Gasteiger partial charge in [-0.05, 0) is 29.5 Å². The minimum atomic E-state index is -0.0495. The number of rotatable bonds is 7. The van der Waals surface area contributed by atoms with Gasteiger partial charge in [-0.1, -0.05) is 54.6 Å². The standard InChI is InChI=1S/C21H21N3OS/c25-21(23-18-10-11-18)19-14-26-20(24-19)13-22-12-15-6-8-17(9-7-15)16-4-2-1-3-5-16/h1-9,14,18,22H,10-13H2,(H,23,25). The Kier molecular flexibility index (Phi) is 5.09. The minimum absolute atomic E-state index is 0.0495. The second kappa shape index (κ2) is 7.81. The molecule has 0 bridgehead atoms. The molecule has 1 aromatic heterocycles. The summed E-state index contributed by atoms with van der Waals surface area (Å²) in [4.78, 5) is 16.4. The van der Waals surface area contributed by atoms with Crippen LogP contribution in [0.4, 0.5) is 0 Å². The maximum Gasteiger partial charge on any atom is 0.270 e. The van der Waals surface area contributed by atoms with E-state index in [9.17, 15) is 4.79 Å². The van der Waals surface area contributed by atoms with Gasteiger partial charge in [0.2, 0.25) is 0 Å². The molecule has 3 aromatic rings. The Bertz CT molecular complexity index is 870. The Morgan fingerprint density at radius 2 is 1.73 bits per heavy atom. The fourth-order valence-electron chi connectivity index (χ4n) is 2.74. The lowest BCUT2D eigenvalue weighted by Crippen LogP contribution is -2.25. The number of aromatic nitrogens is 1. The number of thiazole rings is 1. The van der Waals surface area contributed by atoms with Gasteiger partial charge in [0.05, 0.1) is 0 Å². The predicted octanol–water partition coefficient (Wildman–Crippen LogP) is 3.99. The molecule has 0 spiro atoms. The third-order valence-electron chi connectivity index (χ3n) is 4.36. The van der Waals surface area contributed by atoms with E-state index in [1.807, 2.05) is 11.4 Å². The summed E-state index contributed by atoms with van der Waals surface area (Å²) in [6.07, 6.45) is 2.18. The van der Waals surface area contributed by atoms with Gasteiger partial charge < -0.3 is 10.6 Å². The molecule has 1 heterocycles. The quantitative estimate of drug-likeness (QED) is 0.667. The predicted molar refractivity (Wildman–Crippen MR) is 105 cm³/mol. The molecule has 1 aliphatic rings. The van der Waals surface area contributed by atoms with Crippen LogP contribution < -0.4 is 10.6 Å². The molecule has 0 saturated heterocycles. The topological polar surface area (TPSA) is 54.0 Å². The van der Waals surface area contributed by atoms with Crippen LogP contribution in [0.5, 0.6) is 0 Å². The fourth-order valence-corrected chi connectivity index (χ4v) is 3.49. The molecule has 0 unspecified atom stereocenters. The number of nitrogens with one attached hydrogen (secondary N) is 2. The van der Waals surface area contributed by atoms with Crippen molar-refractivity contribution in [1.29, 1.82) is 0 Å². The molecule has 2 N–H and O–H groups in total. The van der Waals surface area contributed by atoms with Gasteiger partial charge in [0.1, 0.15) is 10.7 Å². The summed E-state index contributed by atoms with van der Waals surface area (Å²) in [5.74, 6) is -0.0495. The first-order valence-electron chi connectivity index (χ1n) is 8.88. The monoisotopic (exact) mass is 363 g/mol. The highest BCUT2D eigenvalue weighted by Crippen LogP contribution is 2.20. The van der Waals surface area contributed by atoms with E-state index < -0.39 is 0 Å². The maximum absolute atomic E-state index is 12.0. The summed E-state index contributed by atoms with van der Waals surface area (Å²) >= 11 is 1.53. The van der Waals surface area contributed by atoms with Gasteiger partial charge in [-0.2, -0.15) is 0 Å². The van der Waals surface area contributed by atoms with Crippen molar-refractivity contribution >= 4 is 17.2 Å². The van der Waals surface area contributed by atoms with Crippen molar-refractivity contribution in [3.8, 4) is 11.1 Å². The number of carbonyl (C=O) groups excluding carboxylic acids is 1. The fraction of sp³-hybridized carbons (Fsp3) is 0.238. The van der Waals surface area contributed by atoms with Crippen LogP contribution in [0.25, 0.3) is 11.1 Å². The Morgan fingerprint density at radius 3 is 2.46 bits per heavy atom. The van der Waals surface area contributed by atoms with Crippen LogP contribution >= 0.6 is 11.3 Å². The molecule has 1 fully saturated rings. The zero-order chi connectivity index (χ0) is 17.8. The van der Waals surface area contributed by atoms with Gasteiger partial charge >= 0.3 is 0 Å². The highest BCUT2D eigenvalue weighted by atomic mass is 32.1. The van der Waals surface area contributed by atoms with Crippen LogP contribution in [0.2, 0.25) is 0 Å². The largest absolute Gasteiger partial charge is 0.348 e. The van der Waals surface area contributed by atoms with Crippen LogP contribution in [-0.2, 0) is 13.1 Å². The number of amides is 1. The third kappa shape index (κ3) is 4.36. The average Bonchev–Trinajstić information content (AvgIpc) is 3.37. The molecule has 4 rings (SSSR count). The molecule has 0 atom stereocenters. The molecule has 0 radical (unpaired) electrons. The highest BCUT2D eigenvalue weighted by Gasteiger charge is 2.24. The summed E-state index contributed by atoms with van der Waals surface area (Å²) in [5, 5.41) is 9.14. The molecule has 26 heavy (non-hydrogen) atoms. The van der Waals surface area contributed by atoms with Gasteiger partial charge in [-0.3, -0.25) is 4.79 Å². The van der Waals surface area contributed by atoms with E-state index in [0.29, 0.717) is 18.3 Å². The Morgan fingerprint density at radius 1 is 1.00 bits per heavy atom. The van der Waals surface area contributed by atoms with Gasteiger partial charge in [0, 0.05) is 24.5 Å². The van der Waals surface area contributed by atoms with Crippen molar-refractivity contribution < 1.29 is 4.79 Å². The van der Waals surface area contributed by atoms with Crippen molar-refractivity contribution in [3.63, 3.8) is 0 Å². The van der Waals surface area contributed by atoms with Gasteiger partial charge in [0.15, 0.2) is 0 Å². The minimum Gasteiger partial charge on any atom is -0.348 e. The van der Waals surface area contributed by atoms with Crippen molar-refractivity contribution in [1.82, 2.24) is 15.6 Å². The molecule has 4 nitrogen and oxygen atoms in total. The zero-order valence-corrected chi connectivity index (χ0v) is 15.3. The third-order valence-corrected chi connectivity index (χ3v) is 5.21. The van der Waals surface area contributed by atoms with E-state index >= 15 is 0 Å². The van der Waals surface area contributed by atoms with E-state index in [4.69, 9.17) is 0 Å². The molecular formula is C21H21N3OS. The van der Waals surface area contributed by atoms with Crippen molar-refractivity contribution in [2.45, 2.75) is 32.0 Å². The van der Waals surface area contributed by atoms with Gasteiger partial charge in [-0.15, -0.1) is 11.3 Å². The molecule has 2 aromatic carbocycles. The van der Waals surface area contributed by atoms with Crippen molar-refractivity contribution in [3.05, 3.63) is 76.2 Å². The number of nitrogens with zero attached hydrogens (tertiary/aromatic N) is 1. The van der Waals surface area contributed by atoms with Gasteiger partial charge in [-0.25, -0.2) is 4.98 Å². The van der Waals surface area contributed by atoms with Crippen molar-refractivity contribution in [2.75, 3.05) is 0 Å². The Hall–Kier alpha value is -2.50. The zero-order valence-electron chi connectivity index (χ0n) is 14.4. The van der Waals surface area contributed by atoms with Crippen LogP contribution in [0, 0.1) is 0 Å². The summed E-state index contributed by atoms with van der Waals surface area (Å²) in [6.45, 7) is 1.44. The normalized spacial score (nSPS) is 13.5. The van der Waals surface area contributed by atoms with Crippen LogP contribution in [0.1, 0.15) is 33.9 Å². The number of hydrogen-bond donors (Lipinski definition) is 2. The molecular weight excluding hydrogens is 342 g/mol. The van der Waals surface area contributed by atoms with E-state index in [2.05, 4.69) is 64.1 Å². The number of hydrogen-bond acceptors (Lipinski definition) is 4. The lowest BCUT2D eigenvalue weighted by atomic mass is 10.0. The van der Waals surface area contributed by atoms with E-state index in [0.717, 1.165) is 24.4 Å². The Labute approximate surface area is 157 Å². The van der Waals surface area contributed by atoms with Crippen LogP contribution in [0.3, 0.4) is 0 Å². The maximum atomic E-state index is 12.0. The smallest absolute Gasteiger partial charge is 0.270 e. The summed E-state index contributed by atoms with van der Waals surface area (Å²) in [6, 6.07) is 19.3. The van der Waals surface area contributed by atoms with E-state index in [-0.39, 0.29) is 5.91 Å². The lowest BCUT2D eigenvalue weighted by molar-refractivity contribution is 0.0946. The highest BCUT2D eigenvalue weighted by molar-refractivity contribution is 7.09. The first-order valence-corrected chi connectivity index (χ1v) is 9.76. The van der Waals surface area contributed by atoms with Gasteiger partial charge in [0.25, 0.3) is 5.91 Å². The number of carbonyl (C=O) groups is 1. The number of benzene rings is 2. The molecule has 1 aliphatic carbocycles. The summed E-state index contributed by atoms with van der Waals surface area (Å²) in [5.41, 5.74) is 4.21. The summed E-state index contributed by atoms with van der Waals surface area (Å²) < 4.78 is 0. The molecule has 132 valence electrons. The second-order valence-corrected chi connectivity index (χ2v) is 7.48. The van der Waals surface area contributed by atoms with Crippen molar-refractivity contribution in [2.24, 2.45) is 0 Å². The van der Waals surface area contributed by atoms with Crippen LogP contribution in [-0.4, -0.2) is 16.9 Å². The first kappa shape index (κ1) is 16.9. The molecule has 0 aliphatic heterocycles. The average molecular weight is 363 g/mol. The summed E-state index contributed by atoms with van der Waals surface area (Å²) in [7, 11) is 0. The Balaban J connectivity index is 1.28. The molecule has 5 heteroatoms.